The number of aromatic nitrogens is 5. The predicted octanol–water partition coefficient (Wildman–Crippen LogP) is 25.5. The minimum Gasteiger partial charge on any atom is -0.201 e. The fourth-order valence-electron chi connectivity index (χ4n) is 19.5. The molecule has 5 aliphatic rings. The lowest BCUT2D eigenvalue weighted by molar-refractivity contribution is -0.661. The first-order chi connectivity index (χ1) is 55.2. The zero-order valence-corrected chi connectivity index (χ0v) is 76.8. The van der Waals surface area contributed by atoms with E-state index in [4.69, 9.17) is 8.22 Å². The van der Waals surface area contributed by atoms with Crippen LogP contribution in [-0.2, 0) is 84.0 Å². The van der Waals surface area contributed by atoms with Gasteiger partial charge in [-0.25, -0.2) is 22.8 Å². The van der Waals surface area contributed by atoms with Crippen LogP contribution in [0.3, 0.4) is 0 Å². The molecule has 0 spiro atoms. The van der Waals surface area contributed by atoms with Crippen LogP contribution in [0.2, 0.25) is 0 Å². The lowest BCUT2D eigenvalue weighted by Gasteiger charge is -2.42. The molecule has 604 valence electrons. The molecule has 5 nitrogen and oxygen atoms in total. The molecule has 0 fully saturated rings. The summed E-state index contributed by atoms with van der Waals surface area (Å²) in [4.78, 5) is 0. The monoisotopic (exact) mass is 1530 g/mol. The van der Waals surface area contributed by atoms with Gasteiger partial charge in [-0.3, -0.25) is 0 Å². The molecule has 5 aliphatic carbocycles. The van der Waals surface area contributed by atoms with Crippen LogP contribution in [-0.4, -0.2) is 0 Å². The third-order valence-corrected chi connectivity index (χ3v) is 28.4. The molecule has 0 aliphatic heterocycles. The summed E-state index contributed by atoms with van der Waals surface area (Å²) in [5.74, 6) is 0.661. The van der Waals surface area contributed by atoms with Crippen LogP contribution in [0.25, 0.3) is 56.3 Å². The lowest BCUT2D eigenvalue weighted by atomic mass is 9.62. The van der Waals surface area contributed by atoms with Crippen LogP contribution in [0, 0.1) is 69.1 Å². The Kier molecular flexibility index (Phi) is 21.8. The number of rotatable bonds is 5. The molecule has 5 aromatic carbocycles. The van der Waals surface area contributed by atoms with Crippen LogP contribution in [0.1, 0.15) is 321 Å². The Hall–Kier alpha value is -8.15. The minimum absolute atomic E-state index is 0.153. The van der Waals surface area contributed by atoms with Crippen molar-refractivity contribution in [1.29, 1.82) is 0 Å². The molecule has 114 heavy (non-hydrogen) atoms. The number of pyridine rings is 5. The smallest absolute Gasteiger partial charge is 0.201 e. The standard InChI is InChI=1S/C23H32N.2C22H30N.2C21H28N/c1-15-12-21(24(8)14-17(15)3)18-13-20-19(11-16(18)2)22(4,5)9-10-23(20,6)7;1-15-8-9-20(23(7)14-15)17-13-19-18(12-16(17)2)21(3,4)10-11-22(19,5)6;1-15-8-9-17(16(2)12-15)20-13-18-19(14-23(20)7)22(5,6)11-10-21(18,3)4;1-14-7-8-17(16(3)11-14)20-12-18-15(2)9-10-21(4,5)19(18)13-22(20)6;1-15-9-7-8-10-16(15)19-13-17-18(14-22(19)6)21(4,5)12-11-20(17,2)3/h11-14H,9-10H2,1-8H3;2*8-9,12-14H,10-11H2,1-7H3;7-8,11-13,15H,9-10H2,1-6H3;7-10,13-14H,11-12H2,1-6H3/q5*+1/i;2*1D3;;. The summed E-state index contributed by atoms with van der Waals surface area (Å²) in [5, 5.41) is 0. The first kappa shape index (κ1) is 78.4. The van der Waals surface area contributed by atoms with Crippen molar-refractivity contribution in [2.75, 3.05) is 0 Å². The molecule has 1 atom stereocenters. The van der Waals surface area contributed by atoms with Gasteiger partial charge in [-0.15, -0.1) is 0 Å². The molecule has 0 radical (unpaired) electrons. The molecule has 5 heteroatoms. The zero-order valence-electron chi connectivity index (χ0n) is 82.8. The largest absolute Gasteiger partial charge is 0.212 e. The summed E-state index contributed by atoms with van der Waals surface area (Å²) < 4.78 is 56.8. The highest BCUT2D eigenvalue weighted by Gasteiger charge is 2.44. The van der Waals surface area contributed by atoms with Crippen molar-refractivity contribution in [3.05, 3.63) is 264 Å². The van der Waals surface area contributed by atoms with Gasteiger partial charge in [0.15, 0.2) is 31.0 Å². The van der Waals surface area contributed by atoms with Crippen molar-refractivity contribution >= 4 is 0 Å². The predicted molar refractivity (Wildman–Crippen MR) is 484 cm³/mol. The van der Waals surface area contributed by atoms with Gasteiger partial charge in [0.05, 0.1) is 0 Å². The van der Waals surface area contributed by atoms with E-state index in [1.165, 1.54) is 187 Å². The van der Waals surface area contributed by atoms with E-state index in [-0.39, 0.29) is 43.3 Å². The summed E-state index contributed by atoms with van der Waals surface area (Å²) >= 11 is 0. The molecule has 5 aromatic heterocycles. The molecule has 0 saturated carbocycles. The second-order valence-corrected chi connectivity index (χ2v) is 41.9. The van der Waals surface area contributed by atoms with Crippen LogP contribution in [0.5, 0.6) is 0 Å². The number of hydrogen-bond donors (Lipinski definition) is 0. The Morgan fingerprint density at radius 1 is 0.254 bits per heavy atom. The normalized spacial score (nSPS) is 19.8. The molecule has 5 heterocycles. The summed E-state index contributed by atoms with van der Waals surface area (Å²) in [6, 6.07) is 43.8. The molecule has 1 unspecified atom stereocenters. The number of benzene rings is 5. The van der Waals surface area contributed by atoms with Crippen molar-refractivity contribution in [3.63, 3.8) is 0 Å². The first-order valence-electron chi connectivity index (χ1n) is 45.9. The average molecular weight is 1530 g/mol. The number of fused-ring (bicyclic) bond motifs is 5. The van der Waals surface area contributed by atoms with Crippen LogP contribution in [0.15, 0.2) is 152 Å². The van der Waals surface area contributed by atoms with Crippen LogP contribution in [0.4, 0.5) is 0 Å². The molecular formula is C109H148N5+5. The van der Waals surface area contributed by atoms with E-state index in [0.717, 1.165) is 22.5 Å². The molecule has 0 amide bonds. The van der Waals surface area contributed by atoms with Crippen molar-refractivity contribution in [3.8, 4) is 56.3 Å². The van der Waals surface area contributed by atoms with Gasteiger partial charge in [-0.2, -0.15) is 0 Å². The Morgan fingerprint density at radius 3 is 1.01 bits per heavy atom. The summed E-state index contributed by atoms with van der Waals surface area (Å²) in [6.07, 6.45) is 23.4. The van der Waals surface area contributed by atoms with Crippen LogP contribution < -0.4 is 22.8 Å². The Morgan fingerprint density at radius 2 is 0.579 bits per heavy atom. The quantitative estimate of drug-likeness (QED) is 0.153. The van der Waals surface area contributed by atoms with Gasteiger partial charge in [0.2, 0.25) is 28.5 Å². The SMILES string of the molecule is Cc1cc(-c2cc3c(cc2C)C(C)(C)CCC3(C)C)[n+](C)cc1C.Cc1ccc(-c2cc3c(c[n+]2C)C(C)(C)CCC3C)c(C)c1.Cc1ccccc1-c1cc2c(c[n+]1C)C(C)(C)CCC2(C)C.[2H]C([2H])([2H])c1ccc(-c2cc3c(c[n+]2C)C(C)(C)CCC3(C)C)c(C)c1.[2H]C([2H])([2H])c1ccc(-c2cc3c(cc2C)C(C)(C)CCC3(C)C)[n+](C)c1. The highest BCUT2D eigenvalue weighted by molar-refractivity contribution is 5.69. The van der Waals surface area contributed by atoms with Gasteiger partial charge in [-0.05, 0) is 297 Å². The van der Waals surface area contributed by atoms with Crippen LogP contribution >= 0.6 is 0 Å². The van der Waals surface area contributed by atoms with Gasteiger partial charge in [0.25, 0.3) is 0 Å². The lowest BCUT2D eigenvalue weighted by Crippen LogP contribution is -2.40. The average Bonchev–Trinajstić information content (AvgIpc) is 0.749. The van der Waals surface area contributed by atoms with Gasteiger partial charge in [-0.1, -0.05) is 197 Å². The van der Waals surface area contributed by atoms with E-state index in [1.807, 2.05) is 30.7 Å². The fourth-order valence-corrected chi connectivity index (χ4v) is 19.5. The Bertz CT molecular complexity index is 5420. The Balaban J connectivity index is 0.000000147. The Labute approximate surface area is 701 Å². The molecule has 10 aromatic rings. The maximum Gasteiger partial charge on any atom is 0.212 e. The van der Waals surface area contributed by atoms with E-state index >= 15 is 0 Å². The van der Waals surface area contributed by atoms with E-state index in [2.05, 4.69) is 342 Å². The molecule has 15 rings (SSSR count). The molecule has 0 saturated heterocycles. The third kappa shape index (κ3) is 17.6. The van der Waals surface area contributed by atoms with E-state index < -0.39 is 13.7 Å². The van der Waals surface area contributed by atoms with E-state index in [1.54, 1.807) is 35.5 Å². The number of nitrogens with zero attached hydrogens (tertiary/aromatic N) is 5. The van der Waals surface area contributed by atoms with E-state index in [0.29, 0.717) is 22.5 Å². The maximum atomic E-state index is 7.64. The number of aryl methyl sites for hydroxylation is 15. The maximum absolute atomic E-state index is 7.64. The summed E-state index contributed by atoms with van der Waals surface area (Å²) in [7, 11) is 10.5. The van der Waals surface area contributed by atoms with Crippen molar-refractivity contribution < 1.29 is 31.1 Å². The van der Waals surface area contributed by atoms with Crippen molar-refractivity contribution in [2.45, 2.75) is 320 Å². The zero-order chi connectivity index (χ0) is 89.0. The second kappa shape index (κ2) is 31.7. The first-order valence-corrected chi connectivity index (χ1v) is 42.9. The van der Waals surface area contributed by atoms with Gasteiger partial charge < -0.3 is 0 Å². The minimum atomic E-state index is -2.08. The summed E-state index contributed by atoms with van der Waals surface area (Å²) in [5.41, 5.74) is 40.7. The third-order valence-electron chi connectivity index (χ3n) is 28.4. The van der Waals surface area contributed by atoms with E-state index in [9.17, 15) is 0 Å². The molecular weight excluding hydrogens is 1380 g/mol. The highest BCUT2D eigenvalue weighted by Crippen LogP contribution is 2.52. The number of hydrogen-bond acceptors (Lipinski definition) is 0. The second-order valence-electron chi connectivity index (χ2n) is 41.9. The van der Waals surface area contributed by atoms with Gasteiger partial charge >= 0.3 is 0 Å². The van der Waals surface area contributed by atoms with Crippen molar-refractivity contribution in [1.82, 2.24) is 0 Å². The molecule has 0 N–H and O–H groups in total. The topological polar surface area (TPSA) is 19.4 Å². The van der Waals surface area contributed by atoms with Gasteiger partial charge in [0, 0.05) is 94.2 Å². The van der Waals surface area contributed by atoms with Gasteiger partial charge in [0.1, 0.15) is 35.2 Å². The highest BCUT2D eigenvalue weighted by atomic mass is 14.9. The fraction of sp³-hybridized carbons (Fsp3) is 0.495. The summed E-state index contributed by atoms with van der Waals surface area (Å²) in [6.45, 7) is 58.2. The van der Waals surface area contributed by atoms with Crippen molar-refractivity contribution in [2.24, 2.45) is 35.2 Å². The molecule has 0 bridgehead atoms.